The van der Waals surface area contributed by atoms with Gasteiger partial charge in [0.1, 0.15) is 5.82 Å². The quantitative estimate of drug-likeness (QED) is 0.192. The number of hydrogen-bond acceptors (Lipinski definition) is 4. The van der Waals surface area contributed by atoms with Crippen LogP contribution in [0.4, 0.5) is 10.1 Å². The first kappa shape index (κ1) is 29.1. The van der Waals surface area contributed by atoms with Gasteiger partial charge in [-0.2, -0.15) is 5.10 Å². The predicted octanol–water partition coefficient (Wildman–Crippen LogP) is 7.26. The Morgan fingerprint density at radius 3 is 2.30 bits per heavy atom. The minimum Gasteiger partial charge on any atom is -0.466 e. The van der Waals surface area contributed by atoms with Crippen molar-refractivity contribution in [3.63, 3.8) is 0 Å². The van der Waals surface area contributed by atoms with Gasteiger partial charge < -0.3 is 10.1 Å². The second-order valence-electron chi connectivity index (χ2n) is 11.2. The number of halogens is 1. The summed E-state index contributed by atoms with van der Waals surface area (Å²) in [5, 5.41) is 8.27. The Morgan fingerprint density at radius 1 is 0.900 bits per heavy atom. The third kappa shape index (κ3) is 8.28. The molecule has 1 N–H and O–H groups in total. The molecule has 0 unspecified atom stereocenters. The molecular weight excluding hydrogens is 501 g/mol. The van der Waals surface area contributed by atoms with E-state index in [4.69, 9.17) is 9.84 Å². The summed E-state index contributed by atoms with van der Waals surface area (Å²) in [6.45, 7) is 10.00. The standard InChI is InChI=1S/C34H40FN3O2/c1-5-40-33(39)20-17-28-16-18-29(21-31(28)35)36-23-26-11-13-27(14-12-26)24-38-30(22-32(37-38)34(2,3)4)19-15-25-9-7-6-8-10-25/h6-14,16,18,21-22,36H,5,15,17,19-20,23-24H2,1-4H3. The van der Waals surface area contributed by atoms with Crippen molar-refractivity contribution in [2.45, 2.75) is 71.9 Å². The second-order valence-corrected chi connectivity index (χ2v) is 11.2. The molecule has 0 radical (unpaired) electrons. The van der Waals surface area contributed by atoms with Gasteiger partial charge in [-0.25, -0.2) is 4.39 Å². The summed E-state index contributed by atoms with van der Waals surface area (Å²) >= 11 is 0. The minimum absolute atomic E-state index is 0.0131. The van der Waals surface area contributed by atoms with Crippen molar-refractivity contribution < 1.29 is 13.9 Å². The van der Waals surface area contributed by atoms with Gasteiger partial charge in [-0.15, -0.1) is 0 Å². The number of aromatic nitrogens is 2. The third-order valence-corrected chi connectivity index (χ3v) is 6.95. The van der Waals surface area contributed by atoms with Crippen molar-refractivity contribution in [1.82, 2.24) is 9.78 Å². The lowest BCUT2D eigenvalue weighted by Gasteiger charge is -2.14. The lowest BCUT2D eigenvalue weighted by Crippen LogP contribution is -2.13. The highest BCUT2D eigenvalue weighted by Crippen LogP contribution is 2.23. The third-order valence-electron chi connectivity index (χ3n) is 6.95. The maximum absolute atomic E-state index is 14.5. The molecule has 0 aliphatic carbocycles. The molecule has 40 heavy (non-hydrogen) atoms. The molecule has 5 nitrogen and oxygen atoms in total. The number of hydrogen-bond donors (Lipinski definition) is 1. The van der Waals surface area contributed by atoms with Crippen molar-refractivity contribution in [1.29, 1.82) is 0 Å². The van der Waals surface area contributed by atoms with Gasteiger partial charge in [0.15, 0.2) is 0 Å². The number of aryl methyl sites for hydroxylation is 3. The first-order chi connectivity index (χ1) is 19.2. The summed E-state index contributed by atoms with van der Waals surface area (Å²) in [5.74, 6) is -0.625. The molecule has 210 valence electrons. The highest BCUT2D eigenvalue weighted by molar-refractivity contribution is 5.69. The van der Waals surface area contributed by atoms with Crippen LogP contribution in [0.3, 0.4) is 0 Å². The van der Waals surface area contributed by atoms with Crippen molar-refractivity contribution in [3.8, 4) is 0 Å². The molecule has 0 saturated heterocycles. The van der Waals surface area contributed by atoms with E-state index in [9.17, 15) is 9.18 Å². The molecule has 0 aliphatic heterocycles. The van der Waals surface area contributed by atoms with Gasteiger partial charge in [0.25, 0.3) is 0 Å². The molecule has 1 aromatic heterocycles. The molecule has 0 atom stereocenters. The number of carbonyl (C=O) groups is 1. The van der Waals surface area contributed by atoms with Gasteiger partial charge in [0, 0.05) is 29.8 Å². The molecule has 0 amide bonds. The van der Waals surface area contributed by atoms with Crippen molar-refractivity contribution in [3.05, 3.63) is 118 Å². The topological polar surface area (TPSA) is 56.1 Å². The normalized spacial score (nSPS) is 11.4. The number of esters is 1. The van der Waals surface area contributed by atoms with Crippen LogP contribution in [-0.2, 0) is 47.3 Å². The van der Waals surface area contributed by atoms with E-state index < -0.39 is 0 Å². The maximum atomic E-state index is 14.5. The zero-order chi connectivity index (χ0) is 28.5. The molecule has 0 spiro atoms. The zero-order valence-corrected chi connectivity index (χ0v) is 24.0. The molecule has 4 rings (SSSR count). The van der Waals surface area contributed by atoms with Gasteiger partial charge in [-0.05, 0) is 66.6 Å². The van der Waals surface area contributed by atoms with Crippen molar-refractivity contribution in [2.75, 3.05) is 11.9 Å². The zero-order valence-electron chi connectivity index (χ0n) is 24.0. The number of anilines is 1. The fourth-order valence-electron chi connectivity index (χ4n) is 4.55. The second kappa shape index (κ2) is 13.4. The van der Waals surface area contributed by atoms with Crippen LogP contribution in [0, 0.1) is 5.82 Å². The fourth-order valence-corrected chi connectivity index (χ4v) is 4.55. The van der Waals surface area contributed by atoms with Crippen LogP contribution in [0.15, 0.2) is 78.9 Å². The van der Waals surface area contributed by atoms with Crippen LogP contribution in [0.1, 0.15) is 67.8 Å². The molecule has 3 aromatic carbocycles. The van der Waals surface area contributed by atoms with Gasteiger partial charge in [-0.3, -0.25) is 9.48 Å². The summed E-state index contributed by atoms with van der Waals surface area (Å²) in [5.41, 5.74) is 7.18. The first-order valence-electron chi connectivity index (χ1n) is 14.1. The van der Waals surface area contributed by atoms with Crippen molar-refractivity contribution >= 4 is 11.7 Å². The Balaban J connectivity index is 1.36. The van der Waals surface area contributed by atoms with Crippen LogP contribution < -0.4 is 5.32 Å². The first-order valence-corrected chi connectivity index (χ1v) is 14.1. The Bertz CT molecular complexity index is 1390. The monoisotopic (exact) mass is 541 g/mol. The average molecular weight is 542 g/mol. The van der Waals surface area contributed by atoms with E-state index in [1.165, 1.54) is 22.9 Å². The summed E-state index contributed by atoms with van der Waals surface area (Å²) in [4.78, 5) is 11.6. The van der Waals surface area contributed by atoms with E-state index in [-0.39, 0.29) is 23.6 Å². The largest absolute Gasteiger partial charge is 0.466 e. The molecule has 1 heterocycles. The van der Waals surface area contributed by atoms with E-state index in [0.29, 0.717) is 37.4 Å². The minimum atomic E-state index is -0.318. The SMILES string of the molecule is CCOC(=O)CCc1ccc(NCc2ccc(Cn3nc(C(C)(C)C)cc3CCc3ccccc3)cc2)cc1F. The summed E-state index contributed by atoms with van der Waals surface area (Å²) in [6, 6.07) is 26.4. The molecule has 0 bridgehead atoms. The van der Waals surface area contributed by atoms with Gasteiger partial charge in [0.05, 0.1) is 18.8 Å². The smallest absolute Gasteiger partial charge is 0.306 e. The number of nitrogens with zero attached hydrogens (tertiary/aromatic N) is 2. The Hall–Kier alpha value is -3.93. The molecular formula is C34H40FN3O2. The molecule has 6 heteroatoms. The van der Waals surface area contributed by atoms with Gasteiger partial charge in [-0.1, -0.05) is 81.4 Å². The molecule has 0 fully saturated rings. The molecule has 4 aromatic rings. The highest BCUT2D eigenvalue weighted by atomic mass is 19.1. The Labute approximate surface area is 237 Å². The number of benzene rings is 3. The Morgan fingerprint density at radius 2 is 1.62 bits per heavy atom. The van der Waals surface area contributed by atoms with Gasteiger partial charge in [0.2, 0.25) is 0 Å². The van der Waals surface area contributed by atoms with E-state index in [2.05, 4.69) is 91.4 Å². The van der Waals surface area contributed by atoms with Crippen LogP contribution in [0.5, 0.6) is 0 Å². The van der Waals surface area contributed by atoms with Gasteiger partial charge >= 0.3 is 5.97 Å². The van der Waals surface area contributed by atoms with Crippen molar-refractivity contribution in [2.24, 2.45) is 0 Å². The summed E-state index contributed by atoms with van der Waals surface area (Å²) < 4.78 is 21.6. The van der Waals surface area contributed by atoms with Crippen LogP contribution in [-0.4, -0.2) is 22.4 Å². The maximum Gasteiger partial charge on any atom is 0.306 e. The average Bonchev–Trinajstić information content (AvgIpc) is 3.35. The number of ether oxygens (including phenoxy) is 1. The number of nitrogens with one attached hydrogen (secondary N) is 1. The van der Waals surface area contributed by atoms with E-state index in [0.717, 1.165) is 24.1 Å². The number of rotatable bonds is 12. The van der Waals surface area contributed by atoms with Crippen LogP contribution in [0.25, 0.3) is 0 Å². The Kier molecular flexibility index (Phi) is 9.75. The van der Waals surface area contributed by atoms with E-state index in [1.807, 2.05) is 6.07 Å². The summed E-state index contributed by atoms with van der Waals surface area (Å²) in [6.07, 6.45) is 2.42. The van der Waals surface area contributed by atoms with Crippen LogP contribution in [0.2, 0.25) is 0 Å². The lowest BCUT2D eigenvalue weighted by molar-refractivity contribution is -0.143. The van der Waals surface area contributed by atoms with E-state index in [1.54, 1.807) is 13.0 Å². The lowest BCUT2D eigenvalue weighted by atomic mass is 9.92. The molecule has 0 aliphatic rings. The molecule has 0 saturated carbocycles. The van der Waals surface area contributed by atoms with Crippen LogP contribution >= 0.6 is 0 Å². The van der Waals surface area contributed by atoms with E-state index >= 15 is 0 Å². The fraction of sp³-hybridized carbons (Fsp3) is 0.353. The highest BCUT2D eigenvalue weighted by Gasteiger charge is 2.20. The number of carbonyl (C=O) groups excluding carboxylic acids is 1. The summed E-state index contributed by atoms with van der Waals surface area (Å²) in [7, 11) is 0. The predicted molar refractivity (Wildman–Crippen MR) is 159 cm³/mol.